The predicted molar refractivity (Wildman–Crippen MR) is 132 cm³/mol. The number of hydrogen-bond donors (Lipinski definition) is 2. The Morgan fingerprint density at radius 1 is 1.20 bits per heavy atom. The number of rotatable bonds is 9. The maximum Gasteiger partial charge on any atom is 0.230 e. The van der Waals surface area contributed by atoms with Gasteiger partial charge in [-0.05, 0) is 31.4 Å². The predicted octanol–water partition coefficient (Wildman–Crippen LogP) is 2.95. The van der Waals surface area contributed by atoms with Crippen LogP contribution in [-0.4, -0.2) is 64.8 Å². The average Bonchev–Trinajstić information content (AvgIpc) is 3.19. The van der Waals surface area contributed by atoms with E-state index in [4.69, 9.17) is 9.47 Å². The lowest BCUT2D eigenvalue weighted by Crippen LogP contribution is -2.49. The molecule has 1 saturated carbocycles. The normalized spacial score (nSPS) is 15.3. The summed E-state index contributed by atoms with van der Waals surface area (Å²) in [5.74, 6) is 1.73. The van der Waals surface area contributed by atoms with Crippen molar-refractivity contribution in [3.8, 4) is 5.75 Å². The van der Waals surface area contributed by atoms with Crippen LogP contribution in [0, 0.1) is 12.3 Å². The number of carbonyl (C=O) groups excluding carboxylic acids is 1. The third-order valence-corrected chi connectivity index (χ3v) is 5.45. The highest BCUT2D eigenvalue weighted by atomic mass is 127. The minimum atomic E-state index is -0.334. The molecule has 7 nitrogen and oxygen atoms in total. The molecule has 0 saturated heterocycles. The van der Waals surface area contributed by atoms with Gasteiger partial charge < -0.3 is 25.0 Å². The summed E-state index contributed by atoms with van der Waals surface area (Å²) in [6.45, 7) is 4.27. The molecule has 1 aromatic carbocycles. The molecule has 30 heavy (non-hydrogen) atoms. The van der Waals surface area contributed by atoms with Crippen molar-refractivity contribution in [1.29, 1.82) is 0 Å². The lowest BCUT2D eigenvalue weighted by molar-refractivity contribution is -0.138. The van der Waals surface area contributed by atoms with E-state index in [-0.39, 0.29) is 35.3 Å². The van der Waals surface area contributed by atoms with Gasteiger partial charge in [-0.25, -0.2) is 0 Å². The number of amides is 1. The van der Waals surface area contributed by atoms with Crippen molar-refractivity contribution in [2.75, 3.05) is 48.0 Å². The first-order chi connectivity index (χ1) is 13.9. The van der Waals surface area contributed by atoms with E-state index in [0.29, 0.717) is 32.3 Å². The van der Waals surface area contributed by atoms with E-state index in [1.54, 1.807) is 19.1 Å². The van der Waals surface area contributed by atoms with Crippen LogP contribution in [0.4, 0.5) is 0 Å². The van der Waals surface area contributed by atoms with Crippen molar-refractivity contribution in [3.05, 3.63) is 29.3 Å². The van der Waals surface area contributed by atoms with Gasteiger partial charge in [0, 0.05) is 46.9 Å². The first-order valence-electron chi connectivity index (χ1n) is 10.3. The summed E-state index contributed by atoms with van der Waals surface area (Å²) in [7, 11) is 7.07. The van der Waals surface area contributed by atoms with E-state index in [2.05, 4.69) is 27.8 Å². The zero-order chi connectivity index (χ0) is 21.3. The van der Waals surface area contributed by atoms with Gasteiger partial charge in [-0.1, -0.05) is 25.0 Å². The Morgan fingerprint density at radius 3 is 2.50 bits per heavy atom. The molecule has 0 aromatic heterocycles. The number of nitrogens with one attached hydrogen (secondary N) is 2. The van der Waals surface area contributed by atoms with Crippen LogP contribution in [0.3, 0.4) is 0 Å². The van der Waals surface area contributed by atoms with Gasteiger partial charge in [0.15, 0.2) is 5.96 Å². The van der Waals surface area contributed by atoms with Gasteiger partial charge in [0.25, 0.3) is 0 Å². The van der Waals surface area contributed by atoms with Crippen molar-refractivity contribution < 1.29 is 14.3 Å². The number of carbonyl (C=O) groups is 1. The maximum atomic E-state index is 12.7. The van der Waals surface area contributed by atoms with Gasteiger partial charge >= 0.3 is 0 Å². The van der Waals surface area contributed by atoms with E-state index < -0.39 is 0 Å². The summed E-state index contributed by atoms with van der Waals surface area (Å²) >= 11 is 0. The zero-order valence-corrected chi connectivity index (χ0v) is 21.2. The monoisotopic (exact) mass is 532 g/mol. The van der Waals surface area contributed by atoms with Gasteiger partial charge in [-0.3, -0.25) is 9.79 Å². The highest BCUT2D eigenvalue weighted by Gasteiger charge is 2.42. The molecule has 0 atom stereocenters. The number of ether oxygens (including phenoxy) is 2. The summed E-state index contributed by atoms with van der Waals surface area (Å²) in [5, 5.41) is 6.72. The van der Waals surface area contributed by atoms with Crippen LogP contribution >= 0.6 is 24.0 Å². The number of aryl methyl sites for hydroxylation is 1. The van der Waals surface area contributed by atoms with Gasteiger partial charge in [0.2, 0.25) is 5.91 Å². The molecule has 0 unspecified atom stereocenters. The van der Waals surface area contributed by atoms with Crippen molar-refractivity contribution >= 4 is 35.8 Å². The molecule has 0 radical (unpaired) electrons. The summed E-state index contributed by atoms with van der Waals surface area (Å²) < 4.78 is 10.9. The smallest absolute Gasteiger partial charge is 0.230 e. The molecule has 170 valence electrons. The third-order valence-electron chi connectivity index (χ3n) is 5.45. The average molecular weight is 532 g/mol. The molecular formula is C22H37IN4O3. The van der Waals surface area contributed by atoms with Crippen LogP contribution in [0.25, 0.3) is 0 Å². The van der Waals surface area contributed by atoms with E-state index >= 15 is 0 Å². The fourth-order valence-electron chi connectivity index (χ4n) is 3.82. The molecule has 0 aliphatic heterocycles. The lowest BCUT2D eigenvalue weighted by atomic mass is 9.84. The van der Waals surface area contributed by atoms with Crippen LogP contribution in [0.5, 0.6) is 5.75 Å². The number of benzene rings is 1. The number of nitrogens with zero attached hydrogens (tertiary/aromatic N) is 2. The van der Waals surface area contributed by atoms with Crippen LogP contribution in [-0.2, 0) is 16.1 Å². The Balaban J connectivity index is 0.00000450. The van der Waals surface area contributed by atoms with Crippen LogP contribution in [0.15, 0.2) is 23.2 Å². The lowest BCUT2D eigenvalue weighted by Gasteiger charge is -2.31. The molecule has 0 heterocycles. The van der Waals surface area contributed by atoms with Crippen molar-refractivity contribution in [2.24, 2.45) is 10.4 Å². The Morgan fingerprint density at radius 2 is 1.90 bits per heavy atom. The molecule has 0 bridgehead atoms. The fraction of sp³-hybridized carbons (Fsp3) is 0.636. The van der Waals surface area contributed by atoms with Crippen molar-refractivity contribution in [1.82, 2.24) is 15.5 Å². The van der Waals surface area contributed by atoms with Crippen LogP contribution < -0.4 is 15.4 Å². The van der Waals surface area contributed by atoms with Gasteiger partial charge in [-0.15, -0.1) is 24.0 Å². The molecule has 1 aromatic rings. The second-order valence-corrected chi connectivity index (χ2v) is 7.92. The number of hydrogen-bond acceptors (Lipinski definition) is 4. The Kier molecular flexibility index (Phi) is 11.5. The topological polar surface area (TPSA) is 75.2 Å². The molecule has 1 aliphatic carbocycles. The Bertz CT molecular complexity index is 704. The van der Waals surface area contributed by atoms with E-state index in [0.717, 1.165) is 42.6 Å². The number of guanidine groups is 1. The molecule has 0 spiro atoms. The highest BCUT2D eigenvalue weighted by molar-refractivity contribution is 14.0. The number of halogens is 1. The van der Waals surface area contributed by atoms with Crippen LogP contribution in [0.2, 0.25) is 0 Å². The van der Waals surface area contributed by atoms with Gasteiger partial charge in [0.1, 0.15) is 12.4 Å². The zero-order valence-electron chi connectivity index (χ0n) is 18.9. The molecule has 1 amide bonds. The summed E-state index contributed by atoms with van der Waals surface area (Å²) in [4.78, 5) is 18.8. The molecule has 1 fully saturated rings. The highest BCUT2D eigenvalue weighted by Crippen LogP contribution is 2.38. The summed E-state index contributed by atoms with van der Waals surface area (Å²) in [6.07, 6.45) is 4.03. The Labute approximate surface area is 198 Å². The largest absolute Gasteiger partial charge is 0.491 e. The minimum absolute atomic E-state index is 0. The third kappa shape index (κ3) is 7.30. The maximum absolute atomic E-state index is 12.7. The summed E-state index contributed by atoms with van der Waals surface area (Å²) in [6, 6.07) is 6.16. The molecule has 2 rings (SSSR count). The van der Waals surface area contributed by atoms with E-state index in [9.17, 15) is 4.79 Å². The summed E-state index contributed by atoms with van der Waals surface area (Å²) in [5.41, 5.74) is 1.86. The van der Waals surface area contributed by atoms with E-state index in [1.165, 1.54) is 0 Å². The van der Waals surface area contributed by atoms with Gasteiger partial charge in [-0.2, -0.15) is 0 Å². The number of aliphatic imine (C=N–C) groups is 1. The first kappa shape index (κ1) is 26.5. The van der Waals surface area contributed by atoms with E-state index in [1.807, 2.05) is 27.1 Å². The second-order valence-electron chi connectivity index (χ2n) is 7.92. The van der Waals surface area contributed by atoms with Crippen molar-refractivity contribution in [3.63, 3.8) is 0 Å². The first-order valence-corrected chi connectivity index (χ1v) is 10.3. The Hall–Kier alpha value is -1.55. The second kappa shape index (κ2) is 13.0. The van der Waals surface area contributed by atoms with Crippen LogP contribution in [0.1, 0.15) is 36.8 Å². The van der Waals surface area contributed by atoms with Gasteiger partial charge in [0.05, 0.1) is 12.0 Å². The quantitative estimate of drug-likeness (QED) is 0.222. The number of methoxy groups -OCH3 is 1. The minimum Gasteiger partial charge on any atom is -0.491 e. The fourth-order valence-corrected chi connectivity index (χ4v) is 3.82. The molecular weight excluding hydrogens is 495 g/mol. The molecule has 2 N–H and O–H groups in total. The SMILES string of the molecule is CN=C(NCc1ccc(C)cc1OCCOC)NCC1(C(=O)N(C)C)CCCC1.I. The van der Waals surface area contributed by atoms with Crippen molar-refractivity contribution in [2.45, 2.75) is 39.2 Å². The molecule has 8 heteroatoms. The molecule has 1 aliphatic rings. The standard InChI is InChI=1S/C22H36N4O3.HI/c1-17-8-9-18(19(14-17)29-13-12-28-5)15-24-21(23-2)25-16-22(10-6-7-11-22)20(27)26(3)4;/h8-9,14H,6-7,10-13,15-16H2,1-5H3,(H2,23,24,25);1H.